The van der Waals surface area contributed by atoms with Crippen molar-refractivity contribution in [2.24, 2.45) is 35.3 Å². The van der Waals surface area contributed by atoms with Crippen LogP contribution in [0.5, 0.6) is 0 Å². The zero-order valence-electron chi connectivity index (χ0n) is 27.9. The van der Waals surface area contributed by atoms with E-state index in [1.807, 2.05) is 13.8 Å². The molecule has 0 aliphatic rings. The van der Waals surface area contributed by atoms with Crippen LogP contribution in [0.4, 0.5) is 0 Å². The van der Waals surface area contributed by atoms with Crippen LogP contribution in [-0.4, -0.2) is 65.0 Å². The summed E-state index contributed by atoms with van der Waals surface area (Å²) in [5.41, 5.74) is 6.11. The lowest BCUT2D eigenvalue weighted by Gasteiger charge is -2.28. The minimum atomic E-state index is -1.16. The van der Waals surface area contributed by atoms with Crippen LogP contribution in [0.1, 0.15) is 97.3 Å². The van der Waals surface area contributed by atoms with Gasteiger partial charge in [-0.15, -0.1) is 0 Å². The number of benzene rings is 1. The first-order valence-electron chi connectivity index (χ1n) is 16.1. The fourth-order valence-electron chi connectivity index (χ4n) is 5.04. The maximum absolute atomic E-state index is 13.6. The average Bonchev–Trinajstić information content (AvgIpc) is 2.99. The molecule has 0 fully saturated rings. The summed E-state index contributed by atoms with van der Waals surface area (Å²) in [7, 11) is 0. The zero-order chi connectivity index (χ0) is 34.3. The summed E-state index contributed by atoms with van der Waals surface area (Å²) >= 11 is 0. The van der Waals surface area contributed by atoms with Gasteiger partial charge in [0.15, 0.2) is 11.6 Å². The number of nitrogens with one attached hydrogen (secondary N) is 3. The molecule has 1 aromatic carbocycles. The molecule has 0 aromatic heterocycles. The number of amides is 3. The summed E-state index contributed by atoms with van der Waals surface area (Å²) in [4.78, 5) is 77.8. The van der Waals surface area contributed by atoms with Gasteiger partial charge in [0.25, 0.3) is 5.91 Å². The number of aliphatic carboxylic acids is 1. The first-order chi connectivity index (χ1) is 21.1. The normalized spacial score (nSPS) is 15.3. The van der Waals surface area contributed by atoms with Gasteiger partial charge >= 0.3 is 5.97 Å². The smallest absolute Gasteiger partial charge is 0.326 e. The molecular weight excluding hydrogens is 576 g/mol. The Kier molecular flexibility index (Phi) is 17.3. The number of rotatable bonds is 21. The SMILES string of the molecule is CCC(C)[C@H](NC(=O)c1ccccc1)C(=O)C[C@@H](CCCCN)C(=O)N[C@H](C(=O)C[C@@H](C)C(=O)N[C@H](C(=O)O)C(C)C)C(C)C. The van der Waals surface area contributed by atoms with Crippen LogP contribution in [0.3, 0.4) is 0 Å². The molecule has 3 amide bonds. The van der Waals surface area contributed by atoms with E-state index in [2.05, 4.69) is 16.0 Å². The van der Waals surface area contributed by atoms with E-state index < -0.39 is 47.7 Å². The molecule has 0 spiro atoms. The fourth-order valence-corrected chi connectivity index (χ4v) is 5.04. The Hall–Kier alpha value is -3.60. The number of ketones is 2. The lowest BCUT2D eigenvalue weighted by molar-refractivity contribution is -0.144. The molecule has 0 heterocycles. The minimum absolute atomic E-state index is 0.121. The van der Waals surface area contributed by atoms with Crippen LogP contribution in [0.15, 0.2) is 30.3 Å². The molecule has 11 heteroatoms. The first kappa shape index (κ1) is 39.4. The van der Waals surface area contributed by atoms with E-state index in [4.69, 9.17) is 5.73 Å². The highest BCUT2D eigenvalue weighted by atomic mass is 16.4. The van der Waals surface area contributed by atoms with E-state index in [-0.39, 0.29) is 48.1 Å². The molecule has 11 nitrogen and oxygen atoms in total. The summed E-state index contributed by atoms with van der Waals surface area (Å²) in [5, 5.41) is 17.6. The van der Waals surface area contributed by atoms with Crippen molar-refractivity contribution in [1.82, 2.24) is 16.0 Å². The molecule has 0 bridgehead atoms. The third-order valence-electron chi connectivity index (χ3n) is 8.20. The van der Waals surface area contributed by atoms with Crippen molar-refractivity contribution < 1.29 is 33.9 Å². The molecule has 1 unspecified atom stereocenters. The van der Waals surface area contributed by atoms with Crippen LogP contribution in [0.2, 0.25) is 0 Å². The van der Waals surface area contributed by atoms with Crippen LogP contribution in [0.25, 0.3) is 0 Å². The van der Waals surface area contributed by atoms with Gasteiger partial charge in [0.05, 0.1) is 12.1 Å². The van der Waals surface area contributed by atoms with Crippen LogP contribution in [0, 0.1) is 29.6 Å². The molecule has 45 heavy (non-hydrogen) atoms. The highest BCUT2D eigenvalue weighted by Crippen LogP contribution is 2.21. The number of hydrogen-bond acceptors (Lipinski definition) is 7. The van der Waals surface area contributed by atoms with Gasteiger partial charge in [-0.05, 0) is 49.3 Å². The van der Waals surface area contributed by atoms with Gasteiger partial charge in [-0.3, -0.25) is 24.0 Å². The van der Waals surface area contributed by atoms with Gasteiger partial charge in [-0.25, -0.2) is 4.79 Å². The predicted molar refractivity (Wildman–Crippen MR) is 173 cm³/mol. The number of Topliss-reactive ketones (excluding diaryl/α,β-unsaturated/α-hetero) is 2. The molecule has 252 valence electrons. The fraction of sp³-hybridized carbons (Fsp3) is 0.647. The Morgan fingerprint density at radius 3 is 1.80 bits per heavy atom. The number of carbonyl (C=O) groups excluding carboxylic acids is 5. The van der Waals surface area contributed by atoms with Crippen LogP contribution in [-0.2, 0) is 24.0 Å². The minimum Gasteiger partial charge on any atom is -0.480 e. The maximum Gasteiger partial charge on any atom is 0.326 e. The highest BCUT2D eigenvalue weighted by molar-refractivity contribution is 5.99. The average molecular weight is 631 g/mol. The van der Waals surface area contributed by atoms with E-state index in [1.54, 1.807) is 65.0 Å². The Balaban J connectivity index is 3.09. The maximum atomic E-state index is 13.6. The van der Waals surface area contributed by atoms with E-state index in [9.17, 15) is 33.9 Å². The van der Waals surface area contributed by atoms with Gasteiger partial charge in [-0.2, -0.15) is 0 Å². The van der Waals surface area contributed by atoms with Crippen molar-refractivity contribution in [3.05, 3.63) is 35.9 Å². The Bertz CT molecular complexity index is 1140. The molecule has 0 saturated heterocycles. The molecule has 6 atom stereocenters. The standard InChI is InChI=1S/C34H54N4O7/c1-8-22(6)30(38-32(42)24-14-10-9-11-15-24)27(40)19-25(16-12-13-17-35)33(43)36-28(20(2)3)26(39)18-23(7)31(41)37-29(21(4)5)34(44)45/h9-11,14-15,20-23,25,28-30H,8,12-13,16-19,35H2,1-7H3,(H,36,43)(H,37,41)(H,38,42)(H,44,45)/t22?,23-,25-,28+,29+,30+/m1/s1. The van der Waals surface area contributed by atoms with E-state index in [1.165, 1.54) is 0 Å². The number of carboxylic acid groups (broad SMARTS) is 1. The summed E-state index contributed by atoms with van der Waals surface area (Å²) < 4.78 is 0. The number of nitrogens with two attached hydrogens (primary N) is 1. The zero-order valence-corrected chi connectivity index (χ0v) is 27.9. The monoisotopic (exact) mass is 630 g/mol. The lowest BCUT2D eigenvalue weighted by Crippen LogP contribution is -2.50. The highest BCUT2D eigenvalue weighted by Gasteiger charge is 2.34. The summed E-state index contributed by atoms with van der Waals surface area (Å²) in [6, 6.07) is 5.82. The van der Waals surface area contributed by atoms with Crippen molar-refractivity contribution in [1.29, 1.82) is 0 Å². The van der Waals surface area contributed by atoms with Crippen molar-refractivity contribution >= 4 is 35.3 Å². The van der Waals surface area contributed by atoms with Gasteiger partial charge < -0.3 is 26.8 Å². The molecular formula is C34H54N4O7. The van der Waals surface area contributed by atoms with E-state index in [0.29, 0.717) is 37.8 Å². The van der Waals surface area contributed by atoms with E-state index in [0.717, 1.165) is 0 Å². The lowest BCUT2D eigenvalue weighted by atomic mass is 9.86. The number of carboxylic acids is 1. The van der Waals surface area contributed by atoms with Gasteiger partial charge in [0.2, 0.25) is 11.8 Å². The largest absolute Gasteiger partial charge is 0.480 e. The quantitative estimate of drug-likeness (QED) is 0.128. The predicted octanol–water partition coefficient (Wildman–Crippen LogP) is 3.50. The molecule has 0 aliphatic heterocycles. The number of unbranched alkanes of at least 4 members (excludes halogenated alkanes) is 1. The Morgan fingerprint density at radius 2 is 1.29 bits per heavy atom. The molecule has 1 rings (SSSR count). The number of hydrogen-bond donors (Lipinski definition) is 5. The second-order valence-electron chi connectivity index (χ2n) is 12.7. The van der Waals surface area contributed by atoms with Gasteiger partial charge in [0, 0.05) is 30.2 Å². The number of carbonyl (C=O) groups is 6. The Labute approximate surface area is 267 Å². The Morgan fingerprint density at radius 1 is 0.733 bits per heavy atom. The van der Waals surface area contributed by atoms with Crippen molar-refractivity contribution in [3.63, 3.8) is 0 Å². The second kappa shape index (κ2) is 19.7. The van der Waals surface area contributed by atoms with E-state index >= 15 is 0 Å². The van der Waals surface area contributed by atoms with Crippen molar-refractivity contribution in [3.8, 4) is 0 Å². The van der Waals surface area contributed by atoms with Gasteiger partial charge in [0.1, 0.15) is 6.04 Å². The van der Waals surface area contributed by atoms with Crippen molar-refractivity contribution in [2.75, 3.05) is 6.54 Å². The summed E-state index contributed by atoms with van der Waals surface area (Å²) in [5.74, 6) is -5.56. The summed E-state index contributed by atoms with van der Waals surface area (Å²) in [6.07, 6.45) is 1.95. The third-order valence-corrected chi connectivity index (χ3v) is 8.20. The first-order valence-corrected chi connectivity index (χ1v) is 16.1. The van der Waals surface area contributed by atoms with Crippen LogP contribution < -0.4 is 21.7 Å². The topological polar surface area (TPSA) is 185 Å². The third kappa shape index (κ3) is 13.1. The molecule has 0 radical (unpaired) electrons. The molecule has 6 N–H and O–H groups in total. The van der Waals surface area contributed by atoms with Gasteiger partial charge in [-0.1, -0.05) is 79.5 Å². The molecule has 0 saturated carbocycles. The summed E-state index contributed by atoms with van der Waals surface area (Å²) in [6.45, 7) is 12.7. The van der Waals surface area contributed by atoms with Crippen molar-refractivity contribution in [2.45, 2.75) is 105 Å². The molecule has 1 aromatic rings. The van der Waals surface area contributed by atoms with Crippen LogP contribution >= 0.6 is 0 Å². The second-order valence-corrected chi connectivity index (χ2v) is 12.7. The molecule has 0 aliphatic carbocycles.